The molecule has 0 saturated heterocycles. The number of benzene rings is 1. The van der Waals surface area contributed by atoms with Crippen molar-refractivity contribution >= 4 is 21.4 Å². The molecule has 2 N–H and O–H groups in total. The summed E-state index contributed by atoms with van der Waals surface area (Å²) in [6, 6.07) is 3.75. The molecule has 0 aliphatic carbocycles. The van der Waals surface area contributed by atoms with Gasteiger partial charge >= 0.3 is 0 Å². The molecule has 0 unspecified atom stereocenters. The van der Waals surface area contributed by atoms with Gasteiger partial charge in [-0.2, -0.15) is 0 Å². The zero-order valence-corrected chi connectivity index (χ0v) is 13.1. The second kappa shape index (κ2) is 7.34. The van der Waals surface area contributed by atoms with Crippen LogP contribution in [0.15, 0.2) is 23.1 Å². The van der Waals surface area contributed by atoms with Crippen LogP contribution in [0.2, 0.25) is 0 Å². The summed E-state index contributed by atoms with van der Waals surface area (Å²) in [5, 5.41) is 13.8. The lowest BCUT2D eigenvalue weighted by Crippen LogP contribution is -2.21. The number of nitro groups is 1. The Balaban J connectivity index is 3.00. The van der Waals surface area contributed by atoms with Gasteiger partial charge < -0.3 is 10.2 Å². The standard InChI is InChI=1S/C12H20N4O4S/c1-13-21(19,20)12-9-10(16(17)18)5-6-11(12)14-7-4-8-15(2)3/h5-6,9,13-14H,4,7-8H2,1-3H3. The molecule has 0 bridgehead atoms. The number of nitro benzene ring substituents is 1. The maximum atomic E-state index is 12.0. The maximum absolute atomic E-state index is 12.0. The van der Waals surface area contributed by atoms with Crippen LogP contribution >= 0.6 is 0 Å². The first-order valence-corrected chi connectivity index (χ1v) is 7.87. The Morgan fingerprint density at radius 1 is 1.33 bits per heavy atom. The Morgan fingerprint density at radius 2 is 2.00 bits per heavy atom. The van der Waals surface area contributed by atoms with Crippen LogP contribution in [0.3, 0.4) is 0 Å². The highest BCUT2D eigenvalue weighted by molar-refractivity contribution is 7.89. The Morgan fingerprint density at radius 3 is 2.52 bits per heavy atom. The second-order valence-corrected chi connectivity index (χ2v) is 6.58. The molecular formula is C12H20N4O4S. The van der Waals surface area contributed by atoms with Gasteiger partial charge in [-0.1, -0.05) is 0 Å². The lowest BCUT2D eigenvalue weighted by molar-refractivity contribution is -0.385. The monoisotopic (exact) mass is 316 g/mol. The molecule has 8 nitrogen and oxygen atoms in total. The molecule has 0 saturated carbocycles. The minimum Gasteiger partial charge on any atom is -0.384 e. The van der Waals surface area contributed by atoms with E-state index in [2.05, 4.69) is 10.0 Å². The van der Waals surface area contributed by atoms with Crippen LogP contribution < -0.4 is 10.0 Å². The number of non-ortho nitro benzene ring substituents is 1. The predicted molar refractivity (Wildman–Crippen MR) is 81.0 cm³/mol. The summed E-state index contributed by atoms with van der Waals surface area (Å²) >= 11 is 0. The second-order valence-electron chi connectivity index (χ2n) is 4.73. The van der Waals surface area contributed by atoms with E-state index in [4.69, 9.17) is 0 Å². The molecule has 1 aromatic rings. The van der Waals surface area contributed by atoms with Gasteiger partial charge in [-0.15, -0.1) is 0 Å². The average molecular weight is 316 g/mol. The fraction of sp³-hybridized carbons (Fsp3) is 0.500. The summed E-state index contributed by atoms with van der Waals surface area (Å²) in [7, 11) is 1.40. The van der Waals surface area contributed by atoms with Crippen LogP contribution in [0.5, 0.6) is 0 Å². The van der Waals surface area contributed by atoms with Crippen molar-refractivity contribution in [2.24, 2.45) is 0 Å². The molecule has 118 valence electrons. The van der Waals surface area contributed by atoms with E-state index in [1.165, 1.54) is 19.2 Å². The van der Waals surface area contributed by atoms with E-state index in [1.54, 1.807) is 0 Å². The van der Waals surface area contributed by atoms with Gasteiger partial charge in [0.2, 0.25) is 10.0 Å². The highest BCUT2D eigenvalue weighted by Crippen LogP contribution is 2.26. The van der Waals surface area contributed by atoms with Crippen LogP contribution in [-0.4, -0.2) is 52.5 Å². The van der Waals surface area contributed by atoms with Crippen LogP contribution in [0.4, 0.5) is 11.4 Å². The van der Waals surface area contributed by atoms with Crippen molar-refractivity contribution in [3.8, 4) is 0 Å². The summed E-state index contributed by atoms with van der Waals surface area (Å²) in [5.74, 6) is 0. The summed E-state index contributed by atoms with van der Waals surface area (Å²) in [5.41, 5.74) is 0.0939. The molecule has 0 spiro atoms. The first-order valence-electron chi connectivity index (χ1n) is 6.38. The molecule has 21 heavy (non-hydrogen) atoms. The highest BCUT2D eigenvalue weighted by atomic mass is 32.2. The molecule has 0 aromatic heterocycles. The summed E-state index contributed by atoms with van der Waals surface area (Å²) < 4.78 is 26.1. The molecule has 0 fully saturated rings. The van der Waals surface area contributed by atoms with E-state index >= 15 is 0 Å². The normalized spacial score (nSPS) is 11.6. The lowest BCUT2D eigenvalue weighted by atomic mass is 10.2. The van der Waals surface area contributed by atoms with Gasteiger partial charge in [0, 0.05) is 18.7 Å². The fourth-order valence-electron chi connectivity index (χ4n) is 1.72. The molecular weight excluding hydrogens is 296 g/mol. The predicted octanol–water partition coefficient (Wildman–Crippen LogP) is 0.867. The largest absolute Gasteiger partial charge is 0.384 e. The highest BCUT2D eigenvalue weighted by Gasteiger charge is 2.20. The third-order valence-electron chi connectivity index (χ3n) is 2.83. The first-order chi connectivity index (χ1) is 9.77. The number of nitrogens with zero attached hydrogens (tertiary/aromatic N) is 2. The Labute approximate surface area is 124 Å². The van der Waals surface area contributed by atoms with E-state index in [1.807, 2.05) is 19.0 Å². The topological polar surface area (TPSA) is 105 Å². The van der Waals surface area contributed by atoms with E-state index in [9.17, 15) is 18.5 Å². The van der Waals surface area contributed by atoms with Crippen LogP contribution in [0, 0.1) is 10.1 Å². The van der Waals surface area contributed by atoms with Gasteiger partial charge in [-0.05, 0) is 40.2 Å². The number of rotatable bonds is 8. The Bertz CT molecular complexity index is 601. The van der Waals surface area contributed by atoms with Crippen LogP contribution in [0.1, 0.15) is 6.42 Å². The van der Waals surface area contributed by atoms with Gasteiger partial charge in [-0.25, -0.2) is 13.1 Å². The molecule has 0 amide bonds. The van der Waals surface area contributed by atoms with Crippen LogP contribution in [-0.2, 0) is 10.0 Å². The molecule has 0 aliphatic rings. The number of nitrogens with one attached hydrogen (secondary N) is 2. The van der Waals surface area contributed by atoms with E-state index in [0.29, 0.717) is 12.2 Å². The van der Waals surface area contributed by atoms with Crippen molar-refractivity contribution in [2.75, 3.05) is 39.5 Å². The quantitative estimate of drug-likeness (QED) is 0.419. The molecule has 9 heteroatoms. The molecule has 0 heterocycles. The minimum absolute atomic E-state index is 0.121. The van der Waals surface area contributed by atoms with Gasteiger partial charge in [0.15, 0.2) is 0 Å². The van der Waals surface area contributed by atoms with Gasteiger partial charge in [0.1, 0.15) is 4.90 Å². The third kappa shape index (κ3) is 4.96. The minimum atomic E-state index is -3.77. The van der Waals surface area contributed by atoms with E-state index < -0.39 is 14.9 Å². The van der Waals surface area contributed by atoms with Crippen molar-refractivity contribution < 1.29 is 13.3 Å². The van der Waals surface area contributed by atoms with Crippen LogP contribution in [0.25, 0.3) is 0 Å². The number of anilines is 1. The molecule has 0 atom stereocenters. The number of hydrogen-bond donors (Lipinski definition) is 2. The summed E-state index contributed by atoms with van der Waals surface area (Å²) in [4.78, 5) is 12.1. The van der Waals surface area contributed by atoms with Crippen molar-refractivity contribution in [2.45, 2.75) is 11.3 Å². The molecule has 1 aromatic carbocycles. The fourth-order valence-corrected chi connectivity index (χ4v) is 2.65. The number of hydrogen-bond acceptors (Lipinski definition) is 6. The van der Waals surface area contributed by atoms with Crippen molar-refractivity contribution in [3.63, 3.8) is 0 Å². The SMILES string of the molecule is CNS(=O)(=O)c1cc([N+](=O)[O-])ccc1NCCCN(C)C. The smallest absolute Gasteiger partial charge is 0.270 e. The molecule has 0 aliphatic heterocycles. The van der Waals surface area contributed by atoms with Crippen molar-refractivity contribution in [3.05, 3.63) is 28.3 Å². The van der Waals surface area contributed by atoms with Gasteiger partial charge in [0.25, 0.3) is 5.69 Å². The zero-order chi connectivity index (χ0) is 16.0. The maximum Gasteiger partial charge on any atom is 0.270 e. The first kappa shape index (κ1) is 17.3. The van der Waals surface area contributed by atoms with Crippen molar-refractivity contribution in [1.29, 1.82) is 0 Å². The lowest BCUT2D eigenvalue weighted by Gasteiger charge is -2.13. The Kier molecular flexibility index (Phi) is 6.06. The number of sulfonamides is 1. The average Bonchev–Trinajstić information content (AvgIpc) is 2.43. The Hall–Kier alpha value is -1.71. The summed E-state index contributed by atoms with van der Waals surface area (Å²) in [6.07, 6.45) is 0.822. The van der Waals surface area contributed by atoms with E-state index in [0.717, 1.165) is 19.0 Å². The third-order valence-corrected chi connectivity index (χ3v) is 4.29. The van der Waals surface area contributed by atoms with Crippen molar-refractivity contribution in [1.82, 2.24) is 9.62 Å². The molecule has 0 radical (unpaired) electrons. The van der Waals surface area contributed by atoms with E-state index in [-0.39, 0.29) is 10.6 Å². The zero-order valence-electron chi connectivity index (χ0n) is 12.3. The van der Waals surface area contributed by atoms with Gasteiger partial charge in [-0.3, -0.25) is 10.1 Å². The molecule has 1 rings (SSSR count). The van der Waals surface area contributed by atoms with Gasteiger partial charge in [0.05, 0.1) is 10.6 Å². The summed E-state index contributed by atoms with van der Waals surface area (Å²) in [6.45, 7) is 1.43.